The number of nitrogens with one attached hydrogen (secondary N) is 1. The second-order valence-corrected chi connectivity index (χ2v) is 4.48. The smallest absolute Gasteiger partial charge is 0.0618 e. The van der Waals surface area contributed by atoms with Crippen molar-refractivity contribution in [1.29, 1.82) is 0 Å². The minimum Gasteiger partial charge on any atom is -0.383 e. The molecule has 1 aromatic heterocycles. The van der Waals surface area contributed by atoms with Crippen LogP contribution in [0.3, 0.4) is 0 Å². The highest BCUT2D eigenvalue weighted by Crippen LogP contribution is 2.32. The number of aromatic nitrogens is 2. The van der Waals surface area contributed by atoms with Gasteiger partial charge in [0.05, 0.1) is 6.61 Å². The summed E-state index contributed by atoms with van der Waals surface area (Å²) in [4.78, 5) is 0. The molecule has 1 N–H and O–H groups in total. The molecule has 0 aliphatic heterocycles. The van der Waals surface area contributed by atoms with Gasteiger partial charge in [0.1, 0.15) is 0 Å². The molecular weight excluding hydrogens is 202 g/mol. The lowest BCUT2D eigenvalue weighted by Gasteiger charge is -2.17. The van der Waals surface area contributed by atoms with E-state index in [2.05, 4.69) is 10.4 Å². The van der Waals surface area contributed by atoms with Crippen LogP contribution in [0.25, 0.3) is 0 Å². The summed E-state index contributed by atoms with van der Waals surface area (Å²) in [6.07, 6.45) is 7.67. The van der Waals surface area contributed by atoms with Gasteiger partial charge in [0.2, 0.25) is 0 Å². The molecule has 1 atom stereocenters. The molecule has 2 rings (SSSR count). The predicted octanol–water partition coefficient (Wildman–Crippen LogP) is 1.29. The van der Waals surface area contributed by atoms with Gasteiger partial charge in [-0.05, 0) is 37.8 Å². The van der Waals surface area contributed by atoms with Crippen LogP contribution >= 0.6 is 0 Å². The Labute approximate surface area is 97.0 Å². The van der Waals surface area contributed by atoms with Crippen LogP contribution < -0.4 is 5.32 Å². The van der Waals surface area contributed by atoms with Crippen molar-refractivity contribution in [2.24, 2.45) is 5.92 Å². The molecule has 0 bridgehead atoms. The van der Waals surface area contributed by atoms with Crippen LogP contribution in [0.15, 0.2) is 18.5 Å². The van der Waals surface area contributed by atoms with E-state index in [-0.39, 0.29) is 0 Å². The molecule has 90 valence electrons. The summed E-state index contributed by atoms with van der Waals surface area (Å²) >= 11 is 0. The van der Waals surface area contributed by atoms with E-state index >= 15 is 0 Å². The second-order valence-electron chi connectivity index (χ2n) is 4.48. The SMILES string of the molecule is COCC(NCCCn1cccn1)C1CC1. The Bertz CT molecular complexity index is 282. The zero-order valence-corrected chi connectivity index (χ0v) is 9.93. The first-order valence-electron chi connectivity index (χ1n) is 6.10. The van der Waals surface area contributed by atoms with Gasteiger partial charge >= 0.3 is 0 Å². The number of hydrogen-bond donors (Lipinski definition) is 1. The fourth-order valence-corrected chi connectivity index (χ4v) is 2.00. The fourth-order valence-electron chi connectivity index (χ4n) is 2.00. The van der Waals surface area contributed by atoms with Gasteiger partial charge in [-0.25, -0.2) is 0 Å². The minimum atomic E-state index is 0.558. The predicted molar refractivity (Wildman–Crippen MR) is 63.2 cm³/mol. The van der Waals surface area contributed by atoms with Crippen molar-refractivity contribution in [3.8, 4) is 0 Å². The third kappa shape index (κ3) is 3.61. The molecule has 1 heterocycles. The Morgan fingerprint density at radius 2 is 2.44 bits per heavy atom. The third-order valence-corrected chi connectivity index (χ3v) is 3.07. The van der Waals surface area contributed by atoms with Crippen molar-refractivity contribution in [3.05, 3.63) is 18.5 Å². The van der Waals surface area contributed by atoms with Gasteiger partial charge in [-0.15, -0.1) is 0 Å². The minimum absolute atomic E-state index is 0.558. The lowest BCUT2D eigenvalue weighted by Crippen LogP contribution is -2.36. The molecule has 0 saturated heterocycles. The highest BCUT2D eigenvalue weighted by Gasteiger charge is 2.30. The van der Waals surface area contributed by atoms with E-state index in [1.165, 1.54) is 12.8 Å². The molecule has 0 amide bonds. The molecule has 1 fully saturated rings. The summed E-state index contributed by atoms with van der Waals surface area (Å²) in [5, 5.41) is 7.76. The lowest BCUT2D eigenvalue weighted by atomic mass is 10.2. The molecule has 4 heteroatoms. The molecule has 1 aliphatic carbocycles. The van der Waals surface area contributed by atoms with Crippen LogP contribution in [0.5, 0.6) is 0 Å². The molecule has 0 radical (unpaired) electrons. The number of hydrogen-bond acceptors (Lipinski definition) is 3. The molecule has 0 aromatic carbocycles. The van der Waals surface area contributed by atoms with E-state index < -0.39 is 0 Å². The monoisotopic (exact) mass is 223 g/mol. The average molecular weight is 223 g/mol. The summed E-state index contributed by atoms with van der Waals surface area (Å²) in [7, 11) is 1.78. The molecule has 1 unspecified atom stereocenters. The summed E-state index contributed by atoms with van der Waals surface area (Å²) in [5.74, 6) is 0.852. The van der Waals surface area contributed by atoms with Crippen molar-refractivity contribution in [3.63, 3.8) is 0 Å². The van der Waals surface area contributed by atoms with E-state index in [0.29, 0.717) is 6.04 Å². The maximum atomic E-state index is 5.23. The van der Waals surface area contributed by atoms with Gasteiger partial charge in [0.15, 0.2) is 0 Å². The summed E-state index contributed by atoms with van der Waals surface area (Å²) in [6.45, 7) is 2.88. The molecule has 4 nitrogen and oxygen atoms in total. The number of ether oxygens (including phenoxy) is 1. The van der Waals surface area contributed by atoms with Crippen molar-refractivity contribution in [1.82, 2.24) is 15.1 Å². The normalized spacial score (nSPS) is 17.6. The van der Waals surface area contributed by atoms with Crippen molar-refractivity contribution in [2.75, 3.05) is 20.3 Å². The highest BCUT2D eigenvalue weighted by molar-refractivity contribution is 4.86. The van der Waals surface area contributed by atoms with E-state index in [4.69, 9.17) is 4.74 Å². The number of methoxy groups -OCH3 is 1. The molecule has 0 spiro atoms. The fraction of sp³-hybridized carbons (Fsp3) is 0.750. The summed E-state index contributed by atoms with van der Waals surface area (Å²) in [6, 6.07) is 2.52. The van der Waals surface area contributed by atoms with Crippen LogP contribution in [-0.4, -0.2) is 36.1 Å². The van der Waals surface area contributed by atoms with Crippen LogP contribution in [0.1, 0.15) is 19.3 Å². The first kappa shape index (κ1) is 11.6. The molecule has 1 aromatic rings. The van der Waals surface area contributed by atoms with Crippen molar-refractivity contribution in [2.45, 2.75) is 31.8 Å². The van der Waals surface area contributed by atoms with Crippen LogP contribution in [0.4, 0.5) is 0 Å². The van der Waals surface area contributed by atoms with E-state index in [9.17, 15) is 0 Å². The third-order valence-electron chi connectivity index (χ3n) is 3.07. The van der Waals surface area contributed by atoms with Crippen LogP contribution in [0.2, 0.25) is 0 Å². The summed E-state index contributed by atoms with van der Waals surface area (Å²) in [5.41, 5.74) is 0. The Hall–Kier alpha value is -0.870. The largest absolute Gasteiger partial charge is 0.383 e. The Balaban J connectivity index is 1.59. The Morgan fingerprint density at radius 3 is 3.06 bits per heavy atom. The quantitative estimate of drug-likeness (QED) is 0.675. The van der Waals surface area contributed by atoms with Gasteiger partial charge in [-0.3, -0.25) is 4.68 Å². The molecule has 16 heavy (non-hydrogen) atoms. The topological polar surface area (TPSA) is 39.1 Å². The number of rotatable bonds is 8. The van der Waals surface area contributed by atoms with E-state index in [0.717, 1.165) is 32.0 Å². The molecule has 1 aliphatic rings. The van der Waals surface area contributed by atoms with Crippen molar-refractivity contribution >= 4 is 0 Å². The molecular formula is C12H21N3O. The van der Waals surface area contributed by atoms with Crippen LogP contribution in [0, 0.1) is 5.92 Å². The van der Waals surface area contributed by atoms with Crippen LogP contribution in [-0.2, 0) is 11.3 Å². The zero-order valence-electron chi connectivity index (χ0n) is 9.93. The lowest BCUT2D eigenvalue weighted by molar-refractivity contribution is 0.157. The number of aryl methyl sites for hydroxylation is 1. The molecule has 1 saturated carbocycles. The summed E-state index contributed by atoms with van der Waals surface area (Å²) < 4.78 is 7.20. The van der Waals surface area contributed by atoms with E-state index in [1.807, 2.05) is 23.1 Å². The van der Waals surface area contributed by atoms with Gasteiger partial charge in [0.25, 0.3) is 0 Å². The van der Waals surface area contributed by atoms with Gasteiger partial charge < -0.3 is 10.1 Å². The highest BCUT2D eigenvalue weighted by atomic mass is 16.5. The first-order chi connectivity index (χ1) is 7.90. The van der Waals surface area contributed by atoms with Gasteiger partial charge in [-0.1, -0.05) is 0 Å². The maximum absolute atomic E-state index is 5.23. The number of nitrogens with zero attached hydrogens (tertiary/aromatic N) is 2. The van der Waals surface area contributed by atoms with Gasteiger partial charge in [-0.2, -0.15) is 5.10 Å². The van der Waals surface area contributed by atoms with Gasteiger partial charge in [0, 0.05) is 32.1 Å². The zero-order chi connectivity index (χ0) is 11.2. The standard InChI is InChI=1S/C12H21N3O/c1-16-10-12(11-4-5-11)13-6-2-8-15-9-3-7-14-15/h3,7,9,11-13H,2,4-6,8,10H2,1H3. The van der Waals surface area contributed by atoms with Crippen molar-refractivity contribution < 1.29 is 4.74 Å². The maximum Gasteiger partial charge on any atom is 0.0618 e. The Kier molecular flexibility index (Phi) is 4.36. The first-order valence-corrected chi connectivity index (χ1v) is 6.10. The second kappa shape index (κ2) is 6.01. The Morgan fingerprint density at radius 1 is 1.56 bits per heavy atom. The van der Waals surface area contributed by atoms with E-state index in [1.54, 1.807) is 7.11 Å². The average Bonchev–Trinajstić information content (AvgIpc) is 3.01.